The summed E-state index contributed by atoms with van der Waals surface area (Å²) in [6.07, 6.45) is 4.98. The van der Waals surface area contributed by atoms with Crippen LogP contribution in [-0.2, 0) is 16.6 Å². The predicted octanol–water partition coefficient (Wildman–Crippen LogP) is 6.96. The van der Waals surface area contributed by atoms with Crippen molar-refractivity contribution in [2.24, 2.45) is 5.92 Å². The number of aryl methyl sites for hydroxylation is 1. The van der Waals surface area contributed by atoms with Gasteiger partial charge >= 0.3 is 12.0 Å². The molecule has 0 aliphatic carbocycles. The lowest BCUT2D eigenvalue weighted by Crippen LogP contribution is -2.45. The molecule has 252 valence electrons. The summed E-state index contributed by atoms with van der Waals surface area (Å²) in [4.78, 5) is 40.5. The minimum Gasteiger partial charge on any atom is -0.461 e. The second-order valence-corrected chi connectivity index (χ2v) is 14.0. The summed E-state index contributed by atoms with van der Waals surface area (Å²) in [7, 11) is 0. The van der Waals surface area contributed by atoms with Crippen molar-refractivity contribution in [2.45, 2.75) is 84.2 Å². The van der Waals surface area contributed by atoms with Crippen molar-refractivity contribution >= 4 is 29.3 Å². The Balaban J connectivity index is 1.06. The van der Waals surface area contributed by atoms with E-state index in [0.717, 1.165) is 60.3 Å². The molecule has 2 fully saturated rings. The monoisotopic (exact) mass is 652 g/mol. The molecule has 2 amide bonds. The molecular formula is C37H44N6O5. The van der Waals surface area contributed by atoms with Crippen LogP contribution in [0.15, 0.2) is 65.2 Å². The number of benzene rings is 2. The molecule has 4 aromatic rings. The van der Waals surface area contributed by atoms with Gasteiger partial charge in [-0.05, 0) is 81.7 Å². The van der Waals surface area contributed by atoms with Gasteiger partial charge in [-0.15, -0.1) is 0 Å². The standard InChI is InChI=1S/C37H44N6O5/c1-6-47-35(45)30-20-32(48-41-30)31(44)22-42-28-14-15-29(42)19-25(18-28)16-24-8-7-9-26(17-24)38-36(46)39-34-21-33(37(3,4)5)40-43(34)27-12-10-23(2)11-13-27/h7-13,17,20-21,25,28-29H,6,14-16,18-19,22H2,1-5H3,(H2,38,39,46). The van der Waals surface area contributed by atoms with Gasteiger partial charge in [0.15, 0.2) is 5.69 Å². The highest BCUT2D eigenvalue weighted by atomic mass is 16.5. The van der Waals surface area contributed by atoms with Crippen molar-refractivity contribution in [3.05, 3.63) is 88.9 Å². The number of ether oxygens (including phenoxy) is 1. The first-order valence-electron chi connectivity index (χ1n) is 16.7. The van der Waals surface area contributed by atoms with Gasteiger partial charge in [0, 0.05) is 35.3 Å². The first kappa shape index (κ1) is 33.1. The third-order valence-corrected chi connectivity index (χ3v) is 9.28. The molecule has 48 heavy (non-hydrogen) atoms. The Morgan fingerprint density at radius 2 is 1.71 bits per heavy atom. The zero-order valence-corrected chi connectivity index (χ0v) is 28.3. The number of ketones is 1. The molecule has 0 radical (unpaired) electrons. The van der Waals surface area contributed by atoms with Gasteiger partial charge in [-0.25, -0.2) is 14.3 Å². The molecule has 2 unspecified atom stereocenters. The molecule has 2 aromatic carbocycles. The van der Waals surface area contributed by atoms with Crippen molar-refractivity contribution in [1.29, 1.82) is 0 Å². The number of esters is 1. The Kier molecular flexibility index (Phi) is 9.50. The maximum absolute atomic E-state index is 13.2. The van der Waals surface area contributed by atoms with E-state index in [1.54, 1.807) is 11.6 Å². The van der Waals surface area contributed by atoms with Crippen LogP contribution in [0.1, 0.15) is 91.2 Å². The highest BCUT2D eigenvalue weighted by Crippen LogP contribution is 2.40. The molecule has 2 bridgehead atoms. The zero-order valence-electron chi connectivity index (χ0n) is 28.3. The molecule has 2 aliphatic heterocycles. The first-order valence-corrected chi connectivity index (χ1v) is 16.7. The summed E-state index contributed by atoms with van der Waals surface area (Å²) in [5.74, 6) is 0.379. The number of amides is 2. The average molecular weight is 653 g/mol. The van der Waals surface area contributed by atoms with E-state index in [1.807, 2.05) is 55.5 Å². The van der Waals surface area contributed by atoms with Crippen LogP contribution in [0.3, 0.4) is 0 Å². The summed E-state index contributed by atoms with van der Waals surface area (Å²) in [5.41, 5.74) is 4.62. The van der Waals surface area contributed by atoms with E-state index in [-0.39, 0.29) is 41.8 Å². The number of aromatic nitrogens is 3. The number of nitrogens with zero attached hydrogens (tertiary/aromatic N) is 4. The number of nitrogens with one attached hydrogen (secondary N) is 2. The smallest absolute Gasteiger partial charge is 0.360 e. The fourth-order valence-electron chi connectivity index (χ4n) is 6.87. The topological polar surface area (TPSA) is 132 Å². The van der Waals surface area contributed by atoms with Gasteiger partial charge in [0.1, 0.15) is 5.82 Å². The van der Waals surface area contributed by atoms with E-state index < -0.39 is 5.97 Å². The lowest BCUT2D eigenvalue weighted by atomic mass is 9.85. The maximum Gasteiger partial charge on any atom is 0.360 e. The first-order chi connectivity index (χ1) is 23.0. The Bertz CT molecular complexity index is 1770. The van der Waals surface area contributed by atoms with Crippen LogP contribution < -0.4 is 10.6 Å². The van der Waals surface area contributed by atoms with Gasteiger partial charge in [-0.2, -0.15) is 5.10 Å². The van der Waals surface area contributed by atoms with Crippen LogP contribution in [0.5, 0.6) is 0 Å². The number of carbonyl (C=O) groups excluding carboxylic acids is 3. The number of piperidine rings is 1. The Morgan fingerprint density at radius 1 is 0.979 bits per heavy atom. The third kappa shape index (κ3) is 7.52. The van der Waals surface area contributed by atoms with Crippen molar-refractivity contribution in [3.8, 4) is 5.69 Å². The van der Waals surface area contributed by atoms with Gasteiger partial charge in [0.25, 0.3) is 0 Å². The normalized spacial score (nSPS) is 19.2. The number of carbonyl (C=O) groups is 3. The molecule has 11 nitrogen and oxygen atoms in total. The molecule has 2 aromatic heterocycles. The average Bonchev–Trinajstić information content (AvgIpc) is 3.75. The summed E-state index contributed by atoms with van der Waals surface area (Å²) >= 11 is 0. The number of Topliss-reactive ketones (excluding diaryl/α,β-unsaturated/α-hetero) is 1. The lowest BCUT2D eigenvalue weighted by Gasteiger charge is -2.38. The lowest BCUT2D eigenvalue weighted by molar-refractivity contribution is 0.0513. The highest BCUT2D eigenvalue weighted by Gasteiger charge is 2.41. The number of hydrogen-bond acceptors (Lipinski definition) is 8. The van der Waals surface area contributed by atoms with E-state index in [1.165, 1.54) is 6.07 Å². The van der Waals surface area contributed by atoms with Crippen LogP contribution in [0.2, 0.25) is 0 Å². The summed E-state index contributed by atoms with van der Waals surface area (Å²) < 4.78 is 11.9. The van der Waals surface area contributed by atoms with Crippen LogP contribution in [0.25, 0.3) is 5.69 Å². The quantitative estimate of drug-likeness (QED) is 0.139. The molecule has 4 heterocycles. The van der Waals surface area contributed by atoms with Gasteiger partial charge in [0.2, 0.25) is 11.5 Å². The molecule has 2 saturated heterocycles. The van der Waals surface area contributed by atoms with Crippen molar-refractivity contribution in [3.63, 3.8) is 0 Å². The van der Waals surface area contributed by atoms with Crippen LogP contribution in [0.4, 0.5) is 16.3 Å². The summed E-state index contributed by atoms with van der Waals surface area (Å²) in [6.45, 7) is 10.5. The van der Waals surface area contributed by atoms with Gasteiger partial charge in [-0.3, -0.25) is 15.0 Å². The number of urea groups is 1. The van der Waals surface area contributed by atoms with Gasteiger partial charge in [-0.1, -0.05) is 55.8 Å². The van der Waals surface area contributed by atoms with E-state index in [0.29, 0.717) is 23.8 Å². The van der Waals surface area contributed by atoms with E-state index in [2.05, 4.69) is 47.5 Å². The summed E-state index contributed by atoms with van der Waals surface area (Å²) in [6, 6.07) is 19.7. The van der Waals surface area contributed by atoms with Crippen molar-refractivity contribution < 1.29 is 23.6 Å². The number of anilines is 2. The van der Waals surface area contributed by atoms with Crippen LogP contribution in [-0.4, -0.2) is 62.9 Å². The SMILES string of the molecule is CCOC(=O)c1cc(C(=O)CN2C3CCC2CC(Cc2cccc(NC(=O)Nc4cc(C(C)(C)C)nn4-c4ccc(C)cc4)c2)C3)on1. The second-order valence-electron chi connectivity index (χ2n) is 14.0. The molecule has 6 rings (SSSR count). The predicted molar refractivity (Wildman–Crippen MR) is 183 cm³/mol. The molecule has 2 atom stereocenters. The number of rotatable bonds is 10. The molecule has 2 N–H and O–H groups in total. The van der Waals surface area contributed by atoms with E-state index >= 15 is 0 Å². The Labute approximate surface area is 281 Å². The second kappa shape index (κ2) is 13.8. The molecule has 11 heteroatoms. The largest absolute Gasteiger partial charge is 0.461 e. The molecular weight excluding hydrogens is 608 g/mol. The third-order valence-electron chi connectivity index (χ3n) is 9.28. The minimum atomic E-state index is -0.596. The van der Waals surface area contributed by atoms with Gasteiger partial charge in [0.05, 0.1) is 24.5 Å². The summed E-state index contributed by atoms with van der Waals surface area (Å²) in [5, 5.41) is 14.6. The zero-order chi connectivity index (χ0) is 34.0. The van der Waals surface area contributed by atoms with Crippen molar-refractivity contribution in [2.75, 3.05) is 23.8 Å². The minimum absolute atomic E-state index is 0.0135. The number of fused-ring (bicyclic) bond motifs is 2. The number of hydrogen-bond donors (Lipinski definition) is 2. The van der Waals surface area contributed by atoms with E-state index in [9.17, 15) is 14.4 Å². The fourth-order valence-corrected chi connectivity index (χ4v) is 6.87. The Hall–Kier alpha value is -4.77. The van der Waals surface area contributed by atoms with Crippen LogP contribution >= 0.6 is 0 Å². The molecule has 2 aliphatic rings. The van der Waals surface area contributed by atoms with E-state index in [4.69, 9.17) is 14.4 Å². The molecule has 0 spiro atoms. The fraction of sp³-hybridized carbons (Fsp3) is 0.432. The Morgan fingerprint density at radius 3 is 2.40 bits per heavy atom. The molecule has 0 saturated carbocycles. The maximum atomic E-state index is 13.2. The highest BCUT2D eigenvalue weighted by molar-refractivity contribution is 5.99. The van der Waals surface area contributed by atoms with Crippen LogP contribution in [0, 0.1) is 12.8 Å². The van der Waals surface area contributed by atoms with Crippen molar-refractivity contribution in [1.82, 2.24) is 19.8 Å². The van der Waals surface area contributed by atoms with Gasteiger partial charge < -0.3 is 14.6 Å².